The zero-order chi connectivity index (χ0) is 22.2. The van der Waals surface area contributed by atoms with Gasteiger partial charge in [-0.25, -0.2) is 0 Å². The Bertz CT molecular complexity index is 1520. The van der Waals surface area contributed by atoms with Crippen molar-refractivity contribution >= 4 is 61.5 Å². The molecule has 0 saturated heterocycles. The molecule has 6 nitrogen and oxygen atoms in total. The Labute approximate surface area is 203 Å². The van der Waals surface area contributed by atoms with E-state index in [0.29, 0.717) is 48.2 Å². The average Bonchev–Trinajstić information content (AvgIpc) is 3.45. The lowest BCUT2D eigenvalue weighted by molar-refractivity contribution is 0.296. The number of halogens is 3. The van der Waals surface area contributed by atoms with Gasteiger partial charge in [0.05, 0.1) is 15.6 Å². The minimum atomic E-state index is -0.277. The zero-order valence-corrected chi connectivity index (χ0v) is 20.0. The summed E-state index contributed by atoms with van der Waals surface area (Å²) in [5.41, 5.74) is 0.331. The molecule has 160 valence electrons. The number of ether oxygens (including phenoxy) is 1. The van der Waals surface area contributed by atoms with E-state index in [1.165, 1.54) is 15.9 Å². The maximum Gasteiger partial charge on any atom is 0.291 e. The monoisotopic (exact) mass is 547 g/mol. The van der Waals surface area contributed by atoms with E-state index in [2.05, 4.69) is 26.0 Å². The van der Waals surface area contributed by atoms with E-state index in [0.717, 1.165) is 4.47 Å². The third-order valence-electron chi connectivity index (χ3n) is 4.52. The van der Waals surface area contributed by atoms with Crippen molar-refractivity contribution in [3.05, 3.63) is 95.6 Å². The fourth-order valence-corrected chi connectivity index (χ4v) is 4.80. The summed E-state index contributed by atoms with van der Waals surface area (Å²) in [6, 6.07) is 16.2. The van der Waals surface area contributed by atoms with Crippen molar-refractivity contribution < 1.29 is 9.15 Å². The maximum absolute atomic E-state index is 12.8. The minimum absolute atomic E-state index is 0.161. The van der Waals surface area contributed by atoms with Crippen LogP contribution in [-0.4, -0.2) is 14.6 Å². The third kappa shape index (κ3) is 4.19. The molecule has 5 rings (SSSR count). The predicted molar refractivity (Wildman–Crippen MR) is 129 cm³/mol. The summed E-state index contributed by atoms with van der Waals surface area (Å²) < 4.78 is 14.2. The summed E-state index contributed by atoms with van der Waals surface area (Å²) in [4.78, 5) is 17.6. The molecule has 0 saturated carbocycles. The van der Waals surface area contributed by atoms with Gasteiger partial charge in [0.25, 0.3) is 5.56 Å². The Morgan fingerprint density at radius 2 is 1.84 bits per heavy atom. The predicted octanol–water partition coefficient (Wildman–Crippen LogP) is 5.61. The van der Waals surface area contributed by atoms with Crippen LogP contribution in [0.25, 0.3) is 22.4 Å². The second-order valence-electron chi connectivity index (χ2n) is 6.68. The molecular formula is C22H12BrCl2N3O3S. The van der Waals surface area contributed by atoms with Crippen molar-refractivity contribution in [2.24, 2.45) is 0 Å². The number of nitrogens with zero attached hydrogens (tertiary/aromatic N) is 3. The van der Waals surface area contributed by atoms with Gasteiger partial charge in [-0.3, -0.25) is 4.79 Å². The molecule has 0 aliphatic heterocycles. The standard InChI is InChI=1S/C22H12BrCl2N3O3S/c23-12-4-6-13(7-5-12)30-11-19-26-22-28(27-19)21(29)18(32-22)10-14-8-9-17(31-14)20-15(24)2-1-3-16(20)25/h1-10H,11H2. The van der Waals surface area contributed by atoms with Crippen LogP contribution in [-0.2, 0) is 6.61 Å². The van der Waals surface area contributed by atoms with Crippen LogP contribution in [0.3, 0.4) is 0 Å². The SMILES string of the molecule is O=c1c(=Cc2ccc(-c3c(Cl)cccc3Cl)o2)sc2nc(COc3ccc(Br)cc3)nn12. The Hall–Kier alpha value is -2.65. The van der Waals surface area contributed by atoms with Crippen LogP contribution < -0.4 is 14.8 Å². The van der Waals surface area contributed by atoms with Crippen LogP contribution >= 0.6 is 50.5 Å². The van der Waals surface area contributed by atoms with Crippen LogP contribution in [0.15, 0.2) is 68.3 Å². The van der Waals surface area contributed by atoms with E-state index in [9.17, 15) is 4.79 Å². The molecule has 0 radical (unpaired) electrons. The van der Waals surface area contributed by atoms with Gasteiger partial charge in [-0.15, -0.1) is 5.10 Å². The van der Waals surface area contributed by atoms with E-state index >= 15 is 0 Å². The fraction of sp³-hybridized carbons (Fsp3) is 0.0455. The fourth-order valence-electron chi connectivity index (χ4n) is 3.04. The molecule has 2 aromatic carbocycles. The first kappa shape index (κ1) is 21.2. The van der Waals surface area contributed by atoms with E-state index in [4.69, 9.17) is 32.4 Å². The van der Waals surface area contributed by atoms with Gasteiger partial charge in [0.2, 0.25) is 4.96 Å². The first-order chi connectivity index (χ1) is 15.5. The molecule has 0 fully saturated rings. The molecule has 10 heteroatoms. The highest BCUT2D eigenvalue weighted by molar-refractivity contribution is 9.10. The lowest BCUT2D eigenvalue weighted by Gasteiger charge is -2.02. The van der Waals surface area contributed by atoms with Crippen molar-refractivity contribution in [1.29, 1.82) is 0 Å². The van der Waals surface area contributed by atoms with Gasteiger partial charge >= 0.3 is 0 Å². The lowest BCUT2D eigenvalue weighted by Crippen LogP contribution is -2.23. The van der Waals surface area contributed by atoms with Gasteiger partial charge < -0.3 is 9.15 Å². The molecule has 3 heterocycles. The number of hydrogen-bond acceptors (Lipinski definition) is 6. The number of furan rings is 1. The normalized spacial score (nSPS) is 12.0. The van der Waals surface area contributed by atoms with Crippen molar-refractivity contribution in [2.45, 2.75) is 6.61 Å². The quantitative estimate of drug-likeness (QED) is 0.285. The highest BCUT2D eigenvalue weighted by Crippen LogP contribution is 2.35. The summed E-state index contributed by atoms with van der Waals surface area (Å²) in [5.74, 6) is 2.13. The number of hydrogen-bond donors (Lipinski definition) is 0. The third-order valence-corrected chi connectivity index (χ3v) is 6.63. The lowest BCUT2D eigenvalue weighted by atomic mass is 10.2. The number of fused-ring (bicyclic) bond motifs is 1. The molecule has 0 N–H and O–H groups in total. The summed E-state index contributed by atoms with van der Waals surface area (Å²) in [6.07, 6.45) is 1.65. The molecule has 0 unspecified atom stereocenters. The molecule has 5 aromatic rings. The molecule has 0 aliphatic rings. The van der Waals surface area contributed by atoms with Gasteiger partial charge in [-0.05, 0) is 48.5 Å². The Morgan fingerprint density at radius 1 is 1.09 bits per heavy atom. The molecule has 32 heavy (non-hydrogen) atoms. The molecule has 0 atom stereocenters. The number of benzene rings is 2. The van der Waals surface area contributed by atoms with Crippen molar-refractivity contribution in [2.75, 3.05) is 0 Å². The molecular weight excluding hydrogens is 537 g/mol. The number of thiazole rings is 1. The first-order valence-corrected chi connectivity index (χ1v) is 11.7. The summed E-state index contributed by atoms with van der Waals surface area (Å²) in [7, 11) is 0. The maximum atomic E-state index is 12.8. The molecule has 0 spiro atoms. The Morgan fingerprint density at radius 3 is 2.56 bits per heavy atom. The molecule has 0 bridgehead atoms. The smallest absolute Gasteiger partial charge is 0.291 e. The van der Waals surface area contributed by atoms with Gasteiger partial charge in [0, 0.05) is 10.5 Å². The van der Waals surface area contributed by atoms with Gasteiger partial charge in [-0.2, -0.15) is 9.50 Å². The van der Waals surface area contributed by atoms with Gasteiger partial charge in [0.1, 0.15) is 28.4 Å². The summed E-state index contributed by atoms with van der Waals surface area (Å²) >= 11 is 17.1. The van der Waals surface area contributed by atoms with Crippen LogP contribution in [0.2, 0.25) is 10.0 Å². The van der Waals surface area contributed by atoms with E-state index in [1.807, 2.05) is 24.3 Å². The van der Waals surface area contributed by atoms with Crippen LogP contribution in [0.1, 0.15) is 11.6 Å². The topological polar surface area (TPSA) is 69.6 Å². The van der Waals surface area contributed by atoms with Crippen molar-refractivity contribution in [3.8, 4) is 17.1 Å². The van der Waals surface area contributed by atoms with E-state index < -0.39 is 0 Å². The average molecular weight is 549 g/mol. The molecule has 3 aromatic heterocycles. The highest BCUT2D eigenvalue weighted by Gasteiger charge is 2.14. The summed E-state index contributed by atoms with van der Waals surface area (Å²) in [6.45, 7) is 0.161. The van der Waals surface area contributed by atoms with E-state index in [1.54, 1.807) is 36.4 Å². The Kier molecular flexibility index (Phi) is 5.77. The second-order valence-corrected chi connectivity index (χ2v) is 9.42. The molecule has 0 amide bonds. The van der Waals surface area contributed by atoms with E-state index in [-0.39, 0.29) is 12.2 Å². The van der Waals surface area contributed by atoms with Crippen LogP contribution in [0.4, 0.5) is 0 Å². The second kappa shape index (κ2) is 8.71. The van der Waals surface area contributed by atoms with Crippen LogP contribution in [0.5, 0.6) is 5.75 Å². The van der Waals surface area contributed by atoms with Gasteiger partial charge in [-0.1, -0.05) is 56.5 Å². The van der Waals surface area contributed by atoms with Gasteiger partial charge in [0.15, 0.2) is 5.82 Å². The number of aromatic nitrogens is 3. The van der Waals surface area contributed by atoms with Crippen molar-refractivity contribution in [1.82, 2.24) is 14.6 Å². The zero-order valence-electron chi connectivity index (χ0n) is 16.1. The van der Waals surface area contributed by atoms with Crippen LogP contribution in [0, 0.1) is 0 Å². The minimum Gasteiger partial charge on any atom is -0.486 e. The highest BCUT2D eigenvalue weighted by atomic mass is 79.9. The van der Waals surface area contributed by atoms with Crippen molar-refractivity contribution in [3.63, 3.8) is 0 Å². The largest absolute Gasteiger partial charge is 0.486 e. The first-order valence-electron chi connectivity index (χ1n) is 9.31. The number of rotatable bonds is 5. The summed E-state index contributed by atoms with van der Waals surface area (Å²) in [5, 5.41) is 5.24. The molecule has 0 aliphatic carbocycles. The Balaban J connectivity index is 1.40.